The van der Waals surface area contributed by atoms with Crippen molar-refractivity contribution >= 4 is 5.69 Å². The van der Waals surface area contributed by atoms with Crippen molar-refractivity contribution in [2.24, 2.45) is 11.7 Å². The van der Waals surface area contributed by atoms with Crippen LogP contribution in [0.2, 0.25) is 0 Å². The Morgan fingerprint density at radius 1 is 1.21 bits per heavy atom. The highest BCUT2D eigenvalue weighted by Crippen LogP contribution is 2.38. The topological polar surface area (TPSA) is 47.7 Å². The number of nitrogens with zero attached hydrogens (tertiary/aromatic N) is 1. The normalized spacial score (nSPS) is 12.2. The molecule has 0 aliphatic heterocycles. The van der Waals surface area contributed by atoms with Gasteiger partial charge in [-0.3, -0.25) is 0 Å². The summed E-state index contributed by atoms with van der Waals surface area (Å²) in [4.78, 5) is 2.17. The average Bonchev–Trinajstić information content (AvgIpc) is 2.41. The van der Waals surface area contributed by atoms with Gasteiger partial charge >= 0.3 is 0 Å². The lowest BCUT2D eigenvalue weighted by atomic mass is 10.0. The van der Waals surface area contributed by atoms with E-state index in [2.05, 4.69) is 25.8 Å². The van der Waals surface area contributed by atoms with Crippen LogP contribution in [0.15, 0.2) is 6.07 Å². The summed E-state index contributed by atoms with van der Waals surface area (Å²) in [5, 5.41) is 0. The molecule has 0 spiro atoms. The lowest BCUT2D eigenvalue weighted by molar-refractivity contribution is 0.397. The molecule has 0 bridgehead atoms. The van der Waals surface area contributed by atoms with E-state index in [-0.39, 0.29) is 0 Å². The van der Waals surface area contributed by atoms with Gasteiger partial charge in [-0.15, -0.1) is 0 Å². The third-order valence-electron chi connectivity index (χ3n) is 3.60. The molecule has 0 aliphatic rings. The lowest BCUT2D eigenvalue weighted by Gasteiger charge is -2.27. The van der Waals surface area contributed by atoms with Crippen molar-refractivity contribution in [1.29, 1.82) is 0 Å². The average molecular weight is 266 g/mol. The zero-order chi connectivity index (χ0) is 14.6. The van der Waals surface area contributed by atoms with E-state index in [4.69, 9.17) is 15.2 Å². The van der Waals surface area contributed by atoms with Gasteiger partial charge in [-0.25, -0.2) is 0 Å². The molecule has 1 atom stereocenters. The molecule has 1 rings (SSSR count). The van der Waals surface area contributed by atoms with Crippen LogP contribution in [0.5, 0.6) is 11.5 Å². The van der Waals surface area contributed by atoms with Crippen LogP contribution in [-0.4, -0.2) is 34.4 Å². The Morgan fingerprint density at radius 2 is 1.84 bits per heavy atom. The van der Waals surface area contributed by atoms with Crippen LogP contribution in [-0.2, 0) is 0 Å². The van der Waals surface area contributed by atoms with Crippen molar-refractivity contribution < 1.29 is 9.47 Å². The number of hydrogen-bond acceptors (Lipinski definition) is 4. The van der Waals surface area contributed by atoms with E-state index in [9.17, 15) is 0 Å². The molecule has 0 aromatic heterocycles. The summed E-state index contributed by atoms with van der Waals surface area (Å²) < 4.78 is 11.0. The molecule has 1 unspecified atom stereocenters. The Hall–Kier alpha value is -1.42. The van der Waals surface area contributed by atoms with Crippen LogP contribution in [0.1, 0.15) is 18.1 Å². The fourth-order valence-corrected chi connectivity index (χ4v) is 2.24. The fourth-order valence-electron chi connectivity index (χ4n) is 2.24. The Kier molecular flexibility index (Phi) is 5.48. The largest absolute Gasteiger partial charge is 0.496 e. The van der Waals surface area contributed by atoms with E-state index in [0.717, 1.165) is 34.9 Å². The highest BCUT2D eigenvalue weighted by molar-refractivity contribution is 5.67. The molecular formula is C15H26N2O2. The quantitative estimate of drug-likeness (QED) is 0.858. The highest BCUT2D eigenvalue weighted by Gasteiger charge is 2.17. The van der Waals surface area contributed by atoms with E-state index in [1.54, 1.807) is 14.2 Å². The highest BCUT2D eigenvalue weighted by atomic mass is 16.5. The van der Waals surface area contributed by atoms with Gasteiger partial charge < -0.3 is 20.1 Å². The van der Waals surface area contributed by atoms with Gasteiger partial charge in [0.15, 0.2) is 0 Å². The zero-order valence-corrected chi connectivity index (χ0v) is 12.9. The van der Waals surface area contributed by atoms with Gasteiger partial charge in [-0.1, -0.05) is 6.92 Å². The predicted molar refractivity (Wildman–Crippen MR) is 80.5 cm³/mol. The van der Waals surface area contributed by atoms with E-state index in [1.807, 2.05) is 13.0 Å². The van der Waals surface area contributed by atoms with Gasteiger partial charge in [0, 0.05) is 19.7 Å². The smallest absolute Gasteiger partial charge is 0.145 e. The molecule has 0 saturated carbocycles. The molecule has 19 heavy (non-hydrogen) atoms. The summed E-state index contributed by atoms with van der Waals surface area (Å²) in [6.45, 7) is 7.80. The second-order valence-electron chi connectivity index (χ2n) is 5.10. The van der Waals surface area contributed by atoms with Gasteiger partial charge in [0.05, 0.1) is 19.9 Å². The van der Waals surface area contributed by atoms with Crippen LogP contribution in [0.25, 0.3) is 0 Å². The van der Waals surface area contributed by atoms with E-state index < -0.39 is 0 Å². The third kappa shape index (κ3) is 3.32. The molecule has 0 saturated heterocycles. The molecule has 0 heterocycles. The van der Waals surface area contributed by atoms with Crippen LogP contribution >= 0.6 is 0 Å². The summed E-state index contributed by atoms with van der Waals surface area (Å²) in [6, 6.07) is 2.03. The maximum absolute atomic E-state index is 5.70. The van der Waals surface area contributed by atoms with Crippen molar-refractivity contribution in [2.75, 3.05) is 39.3 Å². The monoisotopic (exact) mass is 266 g/mol. The summed E-state index contributed by atoms with van der Waals surface area (Å²) >= 11 is 0. The lowest BCUT2D eigenvalue weighted by Crippen LogP contribution is -2.28. The number of hydrogen-bond donors (Lipinski definition) is 1. The predicted octanol–water partition coefficient (Wildman–Crippen LogP) is 2.35. The molecule has 1 aromatic rings. The number of nitrogens with two attached hydrogens (primary N) is 1. The molecule has 0 amide bonds. The van der Waals surface area contributed by atoms with Gasteiger partial charge in [0.2, 0.25) is 0 Å². The van der Waals surface area contributed by atoms with Crippen molar-refractivity contribution in [3.05, 3.63) is 17.2 Å². The molecule has 4 heteroatoms. The Labute approximate surface area is 116 Å². The maximum atomic E-state index is 5.70. The van der Waals surface area contributed by atoms with E-state index >= 15 is 0 Å². The molecule has 2 N–H and O–H groups in total. The maximum Gasteiger partial charge on any atom is 0.145 e. The minimum Gasteiger partial charge on any atom is -0.496 e. The van der Waals surface area contributed by atoms with Crippen molar-refractivity contribution in [3.63, 3.8) is 0 Å². The third-order valence-corrected chi connectivity index (χ3v) is 3.60. The first-order valence-corrected chi connectivity index (χ1v) is 6.59. The van der Waals surface area contributed by atoms with Gasteiger partial charge in [-0.2, -0.15) is 0 Å². The molecule has 108 valence electrons. The Morgan fingerprint density at radius 3 is 2.32 bits per heavy atom. The van der Waals surface area contributed by atoms with Crippen LogP contribution in [0.3, 0.4) is 0 Å². The van der Waals surface area contributed by atoms with Crippen LogP contribution in [0, 0.1) is 19.8 Å². The summed E-state index contributed by atoms with van der Waals surface area (Å²) in [5.41, 5.74) is 8.97. The second kappa shape index (κ2) is 6.66. The first-order chi connectivity index (χ1) is 8.96. The molecule has 0 radical (unpaired) electrons. The number of rotatable bonds is 6. The second-order valence-corrected chi connectivity index (χ2v) is 5.10. The molecule has 1 aromatic carbocycles. The van der Waals surface area contributed by atoms with Gasteiger partial charge in [0.1, 0.15) is 11.5 Å². The summed E-state index contributed by atoms with van der Waals surface area (Å²) in [7, 11) is 5.46. The molecule has 4 nitrogen and oxygen atoms in total. The van der Waals surface area contributed by atoms with E-state index in [1.165, 1.54) is 0 Å². The van der Waals surface area contributed by atoms with Crippen molar-refractivity contribution in [1.82, 2.24) is 0 Å². The number of anilines is 1. The molecule has 0 aliphatic carbocycles. The van der Waals surface area contributed by atoms with Gasteiger partial charge in [-0.05, 0) is 37.4 Å². The standard InChI is InChI=1S/C15H26N2O2/c1-10(8-16)9-17(4)13-7-14(18-5)11(2)12(3)15(13)19-6/h7,10H,8-9,16H2,1-6H3. The molecule has 0 fully saturated rings. The number of ether oxygens (including phenoxy) is 2. The van der Waals surface area contributed by atoms with Crippen molar-refractivity contribution in [2.45, 2.75) is 20.8 Å². The summed E-state index contributed by atoms with van der Waals surface area (Å²) in [5.74, 6) is 2.23. The first kappa shape index (κ1) is 15.6. The van der Waals surface area contributed by atoms with E-state index in [0.29, 0.717) is 12.5 Å². The zero-order valence-electron chi connectivity index (χ0n) is 12.9. The minimum absolute atomic E-state index is 0.433. The summed E-state index contributed by atoms with van der Waals surface area (Å²) in [6.07, 6.45) is 0. The Bertz CT molecular complexity index is 433. The van der Waals surface area contributed by atoms with Crippen LogP contribution < -0.4 is 20.1 Å². The van der Waals surface area contributed by atoms with Crippen molar-refractivity contribution in [3.8, 4) is 11.5 Å². The number of benzene rings is 1. The Balaban J connectivity index is 3.21. The molecular weight excluding hydrogens is 240 g/mol. The number of methoxy groups -OCH3 is 2. The first-order valence-electron chi connectivity index (χ1n) is 6.59. The SMILES string of the molecule is COc1cc(N(C)CC(C)CN)c(OC)c(C)c1C. The minimum atomic E-state index is 0.433. The fraction of sp³-hybridized carbons (Fsp3) is 0.600. The van der Waals surface area contributed by atoms with Crippen LogP contribution in [0.4, 0.5) is 5.69 Å². The van der Waals surface area contributed by atoms with Gasteiger partial charge in [0.25, 0.3) is 0 Å².